The fraction of sp³-hybridized carbons (Fsp3) is 0.500. The van der Waals surface area contributed by atoms with Crippen LogP contribution in [-0.4, -0.2) is 77.6 Å². The first-order valence-corrected chi connectivity index (χ1v) is 13.4. The van der Waals surface area contributed by atoms with Crippen molar-refractivity contribution < 1.29 is 47.6 Å². The van der Waals surface area contributed by atoms with E-state index in [1.807, 2.05) is 37.4 Å². The Bertz CT molecular complexity index is 1200. The van der Waals surface area contributed by atoms with Gasteiger partial charge in [-0.05, 0) is 24.8 Å². The van der Waals surface area contributed by atoms with Gasteiger partial charge >= 0.3 is 23.9 Å². The Labute approximate surface area is 230 Å². The van der Waals surface area contributed by atoms with Crippen molar-refractivity contribution in [2.24, 2.45) is 0 Å². The Balaban J connectivity index is 2.01. The maximum atomic E-state index is 12.1. The molecule has 3 rings (SSSR count). The van der Waals surface area contributed by atoms with Crippen LogP contribution in [0.25, 0.3) is 0 Å². The molecule has 212 valence electrons. The van der Waals surface area contributed by atoms with E-state index in [0.717, 1.165) is 42.5 Å². The molecule has 1 N–H and O–H groups in total. The number of hydrogen-bond donors (Lipinski definition) is 1. The second-order valence-corrected chi connectivity index (χ2v) is 9.65. The van der Waals surface area contributed by atoms with Crippen molar-refractivity contribution in [3.8, 4) is 5.88 Å². The molecule has 2 heterocycles. The van der Waals surface area contributed by atoms with Crippen LogP contribution in [0.5, 0.6) is 5.88 Å². The highest BCUT2D eigenvalue weighted by Gasteiger charge is 2.53. The van der Waals surface area contributed by atoms with E-state index < -0.39 is 54.6 Å². The number of carbonyl (C=O) groups is 4. The van der Waals surface area contributed by atoms with Gasteiger partial charge in [-0.15, -0.1) is 16.9 Å². The zero-order chi connectivity index (χ0) is 28.7. The Kier molecular flexibility index (Phi) is 10.4. The van der Waals surface area contributed by atoms with Gasteiger partial charge in [-0.25, -0.2) is 0 Å². The highest BCUT2D eigenvalue weighted by molar-refractivity contribution is 7.98. The topological polar surface area (TPSA) is 152 Å². The number of thioether (sulfide) groups is 1. The number of hydrogen-bond acceptors (Lipinski definition) is 12. The number of benzene rings is 1. The average Bonchev–Trinajstić information content (AvgIpc) is 3.19. The van der Waals surface area contributed by atoms with Gasteiger partial charge in [0.05, 0.1) is 0 Å². The zero-order valence-electron chi connectivity index (χ0n) is 22.5. The summed E-state index contributed by atoms with van der Waals surface area (Å²) in [5.41, 5.74) is 2.51. The van der Waals surface area contributed by atoms with E-state index in [-0.39, 0.29) is 12.5 Å². The van der Waals surface area contributed by atoms with E-state index in [2.05, 4.69) is 10.2 Å². The number of H-pyrrole nitrogens is 1. The highest BCUT2D eigenvalue weighted by atomic mass is 32.2. The Morgan fingerprint density at radius 2 is 1.54 bits per heavy atom. The number of aryl methyl sites for hydroxylation is 1. The average molecular weight is 565 g/mol. The third-order valence-corrected chi connectivity index (χ3v) is 6.61. The maximum Gasteiger partial charge on any atom is 0.303 e. The van der Waals surface area contributed by atoms with Crippen molar-refractivity contribution in [2.45, 2.75) is 76.6 Å². The minimum absolute atomic E-state index is 0.171. The largest absolute Gasteiger partial charge is 0.463 e. The van der Waals surface area contributed by atoms with Crippen LogP contribution in [0.3, 0.4) is 0 Å². The highest BCUT2D eigenvalue weighted by Crippen LogP contribution is 2.33. The van der Waals surface area contributed by atoms with Gasteiger partial charge in [0.15, 0.2) is 12.2 Å². The third-order valence-electron chi connectivity index (χ3n) is 5.77. The van der Waals surface area contributed by atoms with Crippen LogP contribution < -0.4 is 4.74 Å². The molecular weight excluding hydrogens is 532 g/mol. The SMILES string of the molecule is CSc1ccccc1Cc1c(OC2O[C@H](COC(C)=O)[C@@H](OC(C)=O)[C@H](OC(C)=O)[C@H]2OC(C)=O)n[nH]c1C. The zero-order valence-corrected chi connectivity index (χ0v) is 23.4. The Hall–Kier alpha value is -3.58. The molecule has 1 aromatic heterocycles. The van der Waals surface area contributed by atoms with Crippen LogP contribution in [0.1, 0.15) is 44.5 Å². The first kappa shape index (κ1) is 30.0. The number of aromatic nitrogens is 2. The molecule has 0 saturated carbocycles. The van der Waals surface area contributed by atoms with Gasteiger partial charge in [-0.2, -0.15) is 0 Å². The lowest BCUT2D eigenvalue weighted by atomic mass is 9.98. The summed E-state index contributed by atoms with van der Waals surface area (Å²) in [7, 11) is 0. The molecule has 0 aliphatic carbocycles. The Morgan fingerprint density at radius 1 is 0.923 bits per heavy atom. The predicted molar refractivity (Wildman–Crippen MR) is 137 cm³/mol. The number of carbonyl (C=O) groups excluding carboxylic acids is 4. The molecule has 2 aromatic rings. The number of nitrogens with one attached hydrogen (secondary N) is 1. The quantitative estimate of drug-likeness (QED) is 0.256. The summed E-state index contributed by atoms with van der Waals surface area (Å²) >= 11 is 1.61. The van der Waals surface area contributed by atoms with Crippen LogP contribution in [0.4, 0.5) is 0 Å². The van der Waals surface area contributed by atoms with Crippen molar-refractivity contribution in [1.29, 1.82) is 0 Å². The number of nitrogens with zero attached hydrogens (tertiary/aromatic N) is 1. The Morgan fingerprint density at radius 3 is 2.15 bits per heavy atom. The van der Waals surface area contributed by atoms with Crippen molar-refractivity contribution in [1.82, 2.24) is 10.2 Å². The molecule has 0 amide bonds. The number of esters is 4. The number of ether oxygens (including phenoxy) is 6. The van der Waals surface area contributed by atoms with E-state index in [1.54, 1.807) is 11.8 Å². The molecule has 0 spiro atoms. The summed E-state index contributed by atoms with van der Waals surface area (Å²) in [5, 5.41) is 7.18. The third kappa shape index (κ3) is 7.96. The van der Waals surface area contributed by atoms with Crippen LogP contribution in [-0.2, 0) is 49.3 Å². The molecule has 39 heavy (non-hydrogen) atoms. The maximum absolute atomic E-state index is 12.1. The van der Waals surface area contributed by atoms with Crippen molar-refractivity contribution in [2.75, 3.05) is 12.9 Å². The summed E-state index contributed by atoms with van der Waals surface area (Å²) < 4.78 is 33.6. The van der Waals surface area contributed by atoms with Crippen LogP contribution in [0.2, 0.25) is 0 Å². The minimum Gasteiger partial charge on any atom is -0.463 e. The standard InChI is InChI=1S/C26H32N2O10S/c1-13-19(11-18-9-7-8-10-21(18)39-6)25(28-27-13)38-26-24(36-17(5)32)23(35-16(4)31)22(34-15(3)30)20(37-26)12-33-14(2)29/h7-10,20,22-24,26H,11-12H2,1-6H3,(H,27,28)/t20-,22-,23+,24-,26?/m1/s1. The fourth-order valence-electron chi connectivity index (χ4n) is 4.17. The normalized spacial score (nSPS) is 22.5. The first-order chi connectivity index (χ1) is 18.5. The van der Waals surface area contributed by atoms with Crippen molar-refractivity contribution >= 4 is 35.6 Å². The fourth-order valence-corrected chi connectivity index (χ4v) is 4.79. The molecular formula is C26H32N2O10S. The summed E-state index contributed by atoms with van der Waals surface area (Å²) in [6.45, 7) is 6.16. The molecule has 13 heteroatoms. The summed E-state index contributed by atoms with van der Waals surface area (Å²) in [6.07, 6.45) is -4.01. The van der Waals surface area contributed by atoms with Gasteiger partial charge in [-0.3, -0.25) is 24.3 Å². The molecule has 0 radical (unpaired) electrons. The second-order valence-electron chi connectivity index (χ2n) is 8.81. The molecule has 0 bridgehead atoms. The van der Waals surface area contributed by atoms with E-state index >= 15 is 0 Å². The lowest BCUT2D eigenvalue weighted by Gasteiger charge is -2.43. The second kappa shape index (κ2) is 13.5. The van der Waals surface area contributed by atoms with Crippen LogP contribution >= 0.6 is 11.8 Å². The van der Waals surface area contributed by atoms with Crippen molar-refractivity contribution in [3.63, 3.8) is 0 Å². The van der Waals surface area contributed by atoms with Crippen LogP contribution in [0, 0.1) is 6.92 Å². The molecule has 1 aliphatic rings. The van der Waals surface area contributed by atoms with E-state index in [0.29, 0.717) is 6.42 Å². The monoisotopic (exact) mass is 564 g/mol. The summed E-state index contributed by atoms with van der Waals surface area (Å²) in [4.78, 5) is 48.7. The molecule has 1 aromatic carbocycles. The van der Waals surface area contributed by atoms with Gasteiger partial charge in [-0.1, -0.05) is 18.2 Å². The van der Waals surface area contributed by atoms with Gasteiger partial charge in [0, 0.05) is 50.3 Å². The molecule has 1 fully saturated rings. The number of aromatic amines is 1. The lowest BCUT2D eigenvalue weighted by Crippen LogP contribution is -2.63. The van der Waals surface area contributed by atoms with E-state index in [1.165, 1.54) is 6.92 Å². The van der Waals surface area contributed by atoms with Gasteiger partial charge in [0.2, 0.25) is 18.3 Å². The van der Waals surface area contributed by atoms with Crippen LogP contribution in [0.15, 0.2) is 29.2 Å². The summed E-state index contributed by atoms with van der Waals surface area (Å²) in [6, 6.07) is 7.89. The minimum atomic E-state index is -1.37. The van der Waals surface area contributed by atoms with Gasteiger partial charge in [0.25, 0.3) is 0 Å². The molecule has 1 unspecified atom stereocenters. The molecule has 12 nitrogen and oxygen atoms in total. The smallest absolute Gasteiger partial charge is 0.303 e. The molecule has 5 atom stereocenters. The lowest BCUT2D eigenvalue weighted by molar-refractivity contribution is -0.289. The number of rotatable bonds is 10. The molecule has 1 aliphatic heterocycles. The molecule has 1 saturated heterocycles. The van der Waals surface area contributed by atoms with E-state index in [4.69, 9.17) is 28.4 Å². The summed E-state index contributed by atoms with van der Waals surface area (Å²) in [5.74, 6) is -2.61. The van der Waals surface area contributed by atoms with Crippen molar-refractivity contribution in [3.05, 3.63) is 41.1 Å². The predicted octanol–water partition coefficient (Wildman–Crippen LogP) is 2.49. The van der Waals surface area contributed by atoms with Gasteiger partial charge < -0.3 is 28.4 Å². The van der Waals surface area contributed by atoms with E-state index in [9.17, 15) is 19.2 Å². The first-order valence-electron chi connectivity index (χ1n) is 12.1. The van der Waals surface area contributed by atoms with Gasteiger partial charge in [0.1, 0.15) is 12.7 Å².